The molecule has 1 aliphatic heterocycles. The van der Waals surface area contributed by atoms with E-state index in [-0.39, 0.29) is 0 Å². The molecule has 0 aromatic heterocycles. The Kier molecular flexibility index (Phi) is 4.26. The topological polar surface area (TPSA) is 24.5 Å². The third-order valence-corrected chi connectivity index (χ3v) is 3.41. The van der Waals surface area contributed by atoms with Gasteiger partial charge in [0.25, 0.3) is 0 Å². The van der Waals surface area contributed by atoms with Gasteiger partial charge in [0.2, 0.25) is 0 Å². The summed E-state index contributed by atoms with van der Waals surface area (Å²) in [6.07, 6.45) is 1.29. The lowest BCUT2D eigenvalue weighted by Gasteiger charge is -2.19. The Hall–Kier alpha value is -1.22. The van der Waals surface area contributed by atoms with Gasteiger partial charge in [-0.1, -0.05) is 6.92 Å². The largest absolute Gasteiger partial charge is 0.497 e. The third-order valence-electron chi connectivity index (χ3n) is 3.41. The highest BCUT2D eigenvalue weighted by Crippen LogP contribution is 2.25. The molecule has 3 heteroatoms. The van der Waals surface area contributed by atoms with Crippen LogP contribution < -0.4 is 15.0 Å². The van der Waals surface area contributed by atoms with Gasteiger partial charge >= 0.3 is 0 Å². The van der Waals surface area contributed by atoms with Crippen LogP contribution in [0.3, 0.4) is 0 Å². The van der Waals surface area contributed by atoms with Gasteiger partial charge in [-0.15, -0.1) is 0 Å². The Morgan fingerprint density at radius 3 is 2.76 bits per heavy atom. The third kappa shape index (κ3) is 3.13. The Bertz CT molecular complexity index is 337. The lowest BCUT2D eigenvalue weighted by molar-refractivity contribution is 0.415. The molecule has 1 unspecified atom stereocenters. The van der Waals surface area contributed by atoms with Crippen LogP contribution in [0, 0.1) is 5.92 Å². The van der Waals surface area contributed by atoms with E-state index in [1.807, 2.05) is 12.1 Å². The Balaban J connectivity index is 1.90. The summed E-state index contributed by atoms with van der Waals surface area (Å²) in [6, 6.07) is 8.36. The highest BCUT2D eigenvalue weighted by Gasteiger charge is 2.21. The number of methoxy groups -OCH3 is 1. The standard InChI is InChI=1S/C14H22N2O/c1-3-15-10-12-8-9-16(11-12)13-4-6-14(17-2)7-5-13/h4-7,12,15H,3,8-11H2,1-2H3. The van der Waals surface area contributed by atoms with Crippen molar-refractivity contribution in [3.05, 3.63) is 24.3 Å². The second-order valence-electron chi connectivity index (χ2n) is 4.61. The maximum Gasteiger partial charge on any atom is 0.119 e. The summed E-state index contributed by atoms with van der Waals surface area (Å²) < 4.78 is 5.18. The van der Waals surface area contributed by atoms with E-state index in [0.717, 1.165) is 24.8 Å². The Morgan fingerprint density at radius 2 is 2.12 bits per heavy atom. The summed E-state index contributed by atoms with van der Waals surface area (Å²) in [7, 11) is 1.71. The first-order valence-electron chi connectivity index (χ1n) is 6.43. The molecule has 0 saturated carbocycles. The van der Waals surface area contributed by atoms with Gasteiger partial charge in [-0.3, -0.25) is 0 Å². The smallest absolute Gasteiger partial charge is 0.119 e. The van der Waals surface area contributed by atoms with Gasteiger partial charge < -0.3 is 15.0 Å². The monoisotopic (exact) mass is 234 g/mol. The van der Waals surface area contributed by atoms with Gasteiger partial charge in [0.1, 0.15) is 5.75 Å². The van der Waals surface area contributed by atoms with E-state index in [1.54, 1.807) is 7.11 Å². The van der Waals surface area contributed by atoms with Crippen LogP contribution in [0.5, 0.6) is 5.75 Å². The van der Waals surface area contributed by atoms with Gasteiger partial charge in [0.05, 0.1) is 7.11 Å². The van der Waals surface area contributed by atoms with Crippen LogP contribution in [-0.4, -0.2) is 33.3 Å². The first-order chi connectivity index (χ1) is 8.33. The first-order valence-corrected chi connectivity index (χ1v) is 6.43. The van der Waals surface area contributed by atoms with Crippen LogP contribution >= 0.6 is 0 Å². The Labute approximate surface area is 104 Å². The van der Waals surface area contributed by atoms with Crippen LogP contribution in [0.15, 0.2) is 24.3 Å². The maximum absolute atomic E-state index is 5.18. The van der Waals surface area contributed by atoms with E-state index in [0.29, 0.717) is 0 Å². The molecule has 94 valence electrons. The van der Waals surface area contributed by atoms with Crippen LogP contribution in [0.4, 0.5) is 5.69 Å². The van der Waals surface area contributed by atoms with Crippen LogP contribution in [-0.2, 0) is 0 Å². The summed E-state index contributed by atoms with van der Waals surface area (Å²) >= 11 is 0. The highest BCUT2D eigenvalue weighted by molar-refractivity contribution is 5.49. The van der Waals surface area contributed by atoms with Crippen LogP contribution in [0.2, 0.25) is 0 Å². The summed E-state index contributed by atoms with van der Waals surface area (Å²) in [6.45, 7) is 6.71. The minimum absolute atomic E-state index is 0.789. The molecule has 1 aliphatic rings. The molecule has 1 aromatic carbocycles. The summed E-state index contributed by atoms with van der Waals surface area (Å²) in [5.41, 5.74) is 1.31. The van der Waals surface area contributed by atoms with E-state index >= 15 is 0 Å². The van der Waals surface area contributed by atoms with Gasteiger partial charge in [0, 0.05) is 18.8 Å². The van der Waals surface area contributed by atoms with Crippen molar-refractivity contribution in [3.8, 4) is 5.75 Å². The molecule has 1 atom stereocenters. The summed E-state index contributed by atoms with van der Waals surface area (Å²) in [4.78, 5) is 2.46. The normalized spacial score (nSPS) is 19.6. The van der Waals surface area contributed by atoms with Gasteiger partial charge in [-0.05, 0) is 49.7 Å². The predicted molar refractivity (Wildman–Crippen MR) is 71.9 cm³/mol. The molecule has 17 heavy (non-hydrogen) atoms. The lowest BCUT2D eigenvalue weighted by atomic mass is 10.1. The number of benzene rings is 1. The second-order valence-corrected chi connectivity index (χ2v) is 4.61. The van der Waals surface area contributed by atoms with Crippen LogP contribution in [0.25, 0.3) is 0 Å². The molecule has 0 bridgehead atoms. The fourth-order valence-electron chi connectivity index (χ4n) is 2.38. The van der Waals surface area contributed by atoms with E-state index in [4.69, 9.17) is 4.74 Å². The minimum atomic E-state index is 0.789. The van der Waals surface area contributed by atoms with Crippen molar-refractivity contribution in [2.75, 3.05) is 38.2 Å². The molecule has 1 aromatic rings. The average Bonchev–Trinajstić information content (AvgIpc) is 2.85. The predicted octanol–water partition coefficient (Wildman–Crippen LogP) is 2.13. The van der Waals surface area contributed by atoms with Crippen molar-refractivity contribution in [1.82, 2.24) is 5.32 Å². The summed E-state index contributed by atoms with van der Waals surface area (Å²) in [5.74, 6) is 1.72. The van der Waals surface area contributed by atoms with E-state index in [9.17, 15) is 0 Å². The zero-order chi connectivity index (χ0) is 12.1. The number of ether oxygens (including phenoxy) is 1. The highest BCUT2D eigenvalue weighted by atomic mass is 16.5. The van der Waals surface area contributed by atoms with Crippen molar-refractivity contribution in [1.29, 1.82) is 0 Å². The van der Waals surface area contributed by atoms with Crippen molar-refractivity contribution in [2.24, 2.45) is 5.92 Å². The molecule has 0 spiro atoms. The van der Waals surface area contributed by atoms with E-state index in [2.05, 4.69) is 29.3 Å². The summed E-state index contributed by atoms with van der Waals surface area (Å²) in [5, 5.41) is 3.43. The fourth-order valence-corrected chi connectivity index (χ4v) is 2.38. The van der Waals surface area contributed by atoms with E-state index in [1.165, 1.54) is 25.2 Å². The van der Waals surface area contributed by atoms with Gasteiger partial charge in [-0.2, -0.15) is 0 Å². The number of hydrogen-bond acceptors (Lipinski definition) is 3. The van der Waals surface area contributed by atoms with Crippen molar-refractivity contribution in [3.63, 3.8) is 0 Å². The molecule has 3 nitrogen and oxygen atoms in total. The number of nitrogens with one attached hydrogen (secondary N) is 1. The molecule has 1 heterocycles. The van der Waals surface area contributed by atoms with Crippen molar-refractivity contribution < 1.29 is 4.74 Å². The van der Waals surface area contributed by atoms with Crippen molar-refractivity contribution in [2.45, 2.75) is 13.3 Å². The SMILES string of the molecule is CCNCC1CCN(c2ccc(OC)cc2)C1. The zero-order valence-corrected chi connectivity index (χ0v) is 10.8. The fraction of sp³-hybridized carbons (Fsp3) is 0.571. The molecule has 0 aliphatic carbocycles. The van der Waals surface area contributed by atoms with Gasteiger partial charge in [0.15, 0.2) is 0 Å². The van der Waals surface area contributed by atoms with Crippen molar-refractivity contribution >= 4 is 5.69 Å². The number of anilines is 1. The number of nitrogens with zero attached hydrogens (tertiary/aromatic N) is 1. The average molecular weight is 234 g/mol. The molecule has 1 fully saturated rings. The molecule has 2 rings (SSSR count). The van der Waals surface area contributed by atoms with Gasteiger partial charge in [-0.25, -0.2) is 0 Å². The second kappa shape index (κ2) is 5.92. The quantitative estimate of drug-likeness (QED) is 0.844. The maximum atomic E-state index is 5.18. The molecular weight excluding hydrogens is 212 g/mol. The zero-order valence-electron chi connectivity index (χ0n) is 10.8. The van der Waals surface area contributed by atoms with Crippen LogP contribution in [0.1, 0.15) is 13.3 Å². The number of rotatable bonds is 5. The molecule has 1 N–H and O–H groups in total. The first kappa shape index (κ1) is 12.2. The number of hydrogen-bond donors (Lipinski definition) is 1. The molecule has 0 amide bonds. The molecule has 0 radical (unpaired) electrons. The Morgan fingerprint density at radius 1 is 1.35 bits per heavy atom. The lowest BCUT2D eigenvalue weighted by Crippen LogP contribution is -2.26. The molecule has 1 saturated heterocycles. The molecular formula is C14H22N2O. The van der Waals surface area contributed by atoms with E-state index < -0.39 is 0 Å². The minimum Gasteiger partial charge on any atom is -0.497 e.